The van der Waals surface area contributed by atoms with E-state index in [1.165, 1.54) is 0 Å². The Kier molecular flexibility index (Phi) is 4.19. The molecule has 5 nitrogen and oxygen atoms in total. The number of carbonyl (C=O) groups excluding carboxylic acids is 1. The van der Waals surface area contributed by atoms with Gasteiger partial charge >= 0.3 is 0 Å². The molecule has 0 unspecified atom stereocenters. The first-order chi connectivity index (χ1) is 12.7. The van der Waals surface area contributed by atoms with Gasteiger partial charge in [-0.25, -0.2) is 0 Å². The van der Waals surface area contributed by atoms with Crippen LogP contribution in [-0.4, -0.2) is 19.6 Å². The summed E-state index contributed by atoms with van der Waals surface area (Å²) in [5.74, 6) is 1.12. The van der Waals surface area contributed by atoms with Gasteiger partial charge in [0.15, 0.2) is 6.61 Å². The molecule has 5 heteroatoms. The maximum atomic E-state index is 12.2. The summed E-state index contributed by atoms with van der Waals surface area (Å²) >= 11 is 0. The zero-order chi connectivity index (χ0) is 17.9. The minimum atomic E-state index is -0.229. The Morgan fingerprint density at radius 1 is 0.923 bits per heavy atom. The molecule has 26 heavy (non-hydrogen) atoms. The summed E-state index contributed by atoms with van der Waals surface area (Å²) < 4.78 is 16.4. The summed E-state index contributed by atoms with van der Waals surface area (Å²) in [6, 6.07) is 20.5. The molecule has 0 aliphatic carbocycles. The van der Waals surface area contributed by atoms with Crippen molar-refractivity contribution in [2.45, 2.75) is 0 Å². The lowest BCUT2D eigenvalue weighted by Crippen LogP contribution is -2.20. The van der Waals surface area contributed by atoms with E-state index in [1.54, 1.807) is 31.4 Å². The summed E-state index contributed by atoms with van der Waals surface area (Å²) in [6.45, 7) is -0.0729. The number of methoxy groups -OCH3 is 1. The molecule has 0 fully saturated rings. The molecule has 1 N–H and O–H groups in total. The van der Waals surface area contributed by atoms with Crippen LogP contribution >= 0.6 is 0 Å². The summed E-state index contributed by atoms with van der Waals surface area (Å²) in [5.41, 5.74) is 2.32. The molecule has 4 aromatic rings. The number of rotatable bonds is 5. The molecule has 0 bridgehead atoms. The second kappa shape index (κ2) is 6.80. The van der Waals surface area contributed by atoms with Gasteiger partial charge in [0.2, 0.25) is 0 Å². The summed E-state index contributed by atoms with van der Waals surface area (Å²) in [7, 11) is 1.60. The van der Waals surface area contributed by atoms with Crippen LogP contribution < -0.4 is 14.8 Å². The van der Waals surface area contributed by atoms with Gasteiger partial charge in [0, 0.05) is 16.5 Å². The number of hydrogen-bond donors (Lipinski definition) is 1. The van der Waals surface area contributed by atoms with Gasteiger partial charge in [-0.15, -0.1) is 0 Å². The van der Waals surface area contributed by atoms with Crippen LogP contribution in [0.2, 0.25) is 0 Å². The average molecular weight is 347 g/mol. The Balaban J connectivity index is 1.45. The second-order valence-corrected chi connectivity index (χ2v) is 5.82. The monoisotopic (exact) mass is 347 g/mol. The first kappa shape index (κ1) is 16.0. The molecular weight excluding hydrogens is 330 g/mol. The van der Waals surface area contributed by atoms with E-state index < -0.39 is 0 Å². The van der Waals surface area contributed by atoms with E-state index in [0.29, 0.717) is 11.4 Å². The van der Waals surface area contributed by atoms with Gasteiger partial charge < -0.3 is 19.2 Å². The first-order valence-corrected chi connectivity index (χ1v) is 8.21. The van der Waals surface area contributed by atoms with Crippen molar-refractivity contribution in [2.24, 2.45) is 0 Å². The molecule has 1 amide bonds. The van der Waals surface area contributed by atoms with E-state index in [0.717, 1.165) is 27.7 Å². The Bertz CT molecular complexity index is 1070. The predicted molar refractivity (Wildman–Crippen MR) is 101 cm³/mol. The van der Waals surface area contributed by atoms with Crippen LogP contribution in [-0.2, 0) is 4.79 Å². The van der Waals surface area contributed by atoms with Crippen LogP contribution in [0.3, 0.4) is 0 Å². The molecule has 0 atom stereocenters. The van der Waals surface area contributed by atoms with Gasteiger partial charge in [-0.2, -0.15) is 0 Å². The first-order valence-electron chi connectivity index (χ1n) is 8.21. The lowest BCUT2D eigenvalue weighted by Gasteiger charge is -2.08. The van der Waals surface area contributed by atoms with Crippen molar-refractivity contribution in [3.63, 3.8) is 0 Å². The highest BCUT2D eigenvalue weighted by molar-refractivity contribution is 6.07. The quantitative estimate of drug-likeness (QED) is 0.573. The van der Waals surface area contributed by atoms with Crippen molar-refractivity contribution in [3.05, 3.63) is 66.7 Å². The fourth-order valence-corrected chi connectivity index (χ4v) is 2.82. The maximum absolute atomic E-state index is 12.2. The molecule has 1 heterocycles. The third kappa shape index (κ3) is 3.19. The SMILES string of the molecule is COc1ccc(OCC(=O)Nc2ccc3oc4ccccc4c3c2)cc1. The highest BCUT2D eigenvalue weighted by Gasteiger charge is 2.09. The summed E-state index contributed by atoms with van der Waals surface area (Å²) in [5, 5.41) is 4.84. The van der Waals surface area contributed by atoms with Crippen molar-refractivity contribution < 1.29 is 18.7 Å². The van der Waals surface area contributed by atoms with Gasteiger partial charge in [0.1, 0.15) is 22.7 Å². The van der Waals surface area contributed by atoms with Crippen molar-refractivity contribution in [1.29, 1.82) is 0 Å². The number of nitrogens with one attached hydrogen (secondary N) is 1. The number of para-hydroxylation sites is 1. The Morgan fingerprint density at radius 2 is 1.65 bits per heavy atom. The Labute approximate surface area is 150 Å². The largest absolute Gasteiger partial charge is 0.497 e. The molecule has 0 aliphatic rings. The van der Waals surface area contributed by atoms with E-state index >= 15 is 0 Å². The van der Waals surface area contributed by atoms with Gasteiger partial charge in [-0.05, 0) is 48.5 Å². The van der Waals surface area contributed by atoms with E-state index in [9.17, 15) is 4.79 Å². The number of fused-ring (bicyclic) bond motifs is 3. The van der Waals surface area contributed by atoms with E-state index in [-0.39, 0.29) is 12.5 Å². The van der Waals surface area contributed by atoms with Gasteiger partial charge in [-0.3, -0.25) is 4.79 Å². The van der Waals surface area contributed by atoms with Crippen molar-refractivity contribution in [3.8, 4) is 11.5 Å². The van der Waals surface area contributed by atoms with Crippen molar-refractivity contribution in [2.75, 3.05) is 19.0 Å². The zero-order valence-electron chi connectivity index (χ0n) is 14.2. The summed E-state index contributed by atoms with van der Waals surface area (Å²) in [6.07, 6.45) is 0. The maximum Gasteiger partial charge on any atom is 0.262 e. The number of amides is 1. The minimum absolute atomic E-state index is 0.0729. The summed E-state index contributed by atoms with van der Waals surface area (Å²) in [4.78, 5) is 12.2. The Hall–Kier alpha value is -3.47. The molecule has 0 saturated carbocycles. The molecule has 0 aliphatic heterocycles. The van der Waals surface area contributed by atoms with Gasteiger partial charge in [-0.1, -0.05) is 18.2 Å². The van der Waals surface area contributed by atoms with Crippen molar-refractivity contribution in [1.82, 2.24) is 0 Å². The number of carbonyl (C=O) groups is 1. The van der Waals surface area contributed by atoms with Crippen LogP contribution in [0.5, 0.6) is 11.5 Å². The number of hydrogen-bond acceptors (Lipinski definition) is 4. The Morgan fingerprint density at radius 3 is 2.46 bits per heavy atom. The molecule has 130 valence electrons. The number of anilines is 1. The van der Waals surface area contributed by atoms with Crippen LogP contribution in [0.15, 0.2) is 71.1 Å². The molecule has 1 aromatic heterocycles. The van der Waals surface area contributed by atoms with Crippen LogP contribution in [0.1, 0.15) is 0 Å². The molecule has 3 aromatic carbocycles. The predicted octanol–water partition coefficient (Wildman–Crippen LogP) is 4.61. The van der Waals surface area contributed by atoms with E-state index in [1.807, 2.05) is 42.5 Å². The third-order valence-corrected chi connectivity index (χ3v) is 4.09. The second-order valence-electron chi connectivity index (χ2n) is 5.82. The highest BCUT2D eigenvalue weighted by atomic mass is 16.5. The molecule has 0 spiro atoms. The van der Waals surface area contributed by atoms with Crippen molar-refractivity contribution >= 4 is 33.5 Å². The number of benzene rings is 3. The topological polar surface area (TPSA) is 60.7 Å². The van der Waals surface area contributed by atoms with E-state index in [2.05, 4.69) is 5.32 Å². The fourth-order valence-electron chi connectivity index (χ4n) is 2.82. The van der Waals surface area contributed by atoms with Gasteiger partial charge in [0.05, 0.1) is 7.11 Å². The third-order valence-electron chi connectivity index (χ3n) is 4.09. The standard InChI is InChI=1S/C21H17NO4/c1-24-15-7-9-16(10-8-15)25-13-21(23)22-14-6-11-20-18(12-14)17-4-2-3-5-19(17)26-20/h2-12H,13H2,1H3,(H,22,23). The smallest absolute Gasteiger partial charge is 0.262 e. The van der Waals surface area contributed by atoms with Crippen LogP contribution in [0, 0.1) is 0 Å². The highest BCUT2D eigenvalue weighted by Crippen LogP contribution is 2.30. The normalized spacial score (nSPS) is 10.8. The zero-order valence-corrected chi connectivity index (χ0v) is 14.2. The average Bonchev–Trinajstić information content (AvgIpc) is 3.05. The molecule has 0 radical (unpaired) electrons. The number of ether oxygens (including phenoxy) is 2. The molecular formula is C21H17NO4. The lowest BCUT2D eigenvalue weighted by molar-refractivity contribution is -0.118. The van der Waals surface area contributed by atoms with E-state index in [4.69, 9.17) is 13.9 Å². The minimum Gasteiger partial charge on any atom is -0.497 e. The molecule has 0 saturated heterocycles. The molecule has 4 rings (SSSR count). The fraction of sp³-hybridized carbons (Fsp3) is 0.0952. The van der Waals surface area contributed by atoms with Crippen LogP contribution in [0.4, 0.5) is 5.69 Å². The number of furan rings is 1. The van der Waals surface area contributed by atoms with Gasteiger partial charge in [0.25, 0.3) is 5.91 Å². The van der Waals surface area contributed by atoms with Crippen LogP contribution in [0.25, 0.3) is 21.9 Å². The lowest BCUT2D eigenvalue weighted by atomic mass is 10.1.